The van der Waals surface area contributed by atoms with Gasteiger partial charge in [0.25, 0.3) is 9.84 Å². The Morgan fingerprint density at radius 3 is 2.13 bits per heavy atom. The Labute approximate surface area is 258 Å². The third-order valence-electron chi connectivity index (χ3n) is 5.91. The molecule has 1 amide bonds. The van der Waals surface area contributed by atoms with E-state index in [1.165, 1.54) is 27.7 Å². The molecule has 0 radical (unpaired) electrons. The van der Waals surface area contributed by atoms with Gasteiger partial charge < -0.3 is 14.2 Å². The van der Waals surface area contributed by atoms with E-state index in [1.54, 1.807) is 0 Å². The number of fused-ring (bicyclic) bond motifs is 1. The maximum Gasteiger partial charge on any atom is 0.501 e. The molecule has 2 heterocycles. The minimum atomic E-state index is -5.93. The number of benzene rings is 1. The summed E-state index contributed by atoms with van der Waals surface area (Å²) in [6, 6.07) is 3.68. The van der Waals surface area contributed by atoms with Crippen LogP contribution in [0.4, 0.5) is 37.0 Å². The first-order valence-electron chi connectivity index (χ1n) is 12.9. The van der Waals surface area contributed by atoms with Crippen molar-refractivity contribution in [3.05, 3.63) is 47.7 Å². The lowest BCUT2D eigenvalue weighted by molar-refractivity contribution is -0.153. The number of nitrogens with zero attached hydrogens (tertiary/aromatic N) is 3. The van der Waals surface area contributed by atoms with Crippen molar-refractivity contribution in [3.63, 3.8) is 0 Å². The van der Waals surface area contributed by atoms with E-state index in [-0.39, 0.29) is 17.0 Å². The van der Waals surface area contributed by atoms with Crippen molar-refractivity contribution in [1.29, 1.82) is 0 Å². The number of carbonyl (C=O) groups excluding carboxylic acids is 2. The van der Waals surface area contributed by atoms with Crippen molar-refractivity contribution >= 4 is 43.2 Å². The van der Waals surface area contributed by atoms with Crippen molar-refractivity contribution in [2.24, 2.45) is 0 Å². The topological polar surface area (TPSA) is 151 Å². The average Bonchev–Trinajstić information content (AvgIpc) is 3.31. The normalized spacial score (nSPS) is 13.0. The van der Waals surface area contributed by atoms with Gasteiger partial charge in [0.15, 0.2) is 27.3 Å². The van der Waals surface area contributed by atoms with Crippen LogP contribution in [0.5, 0.6) is 5.75 Å². The summed E-state index contributed by atoms with van der Waals surface area (Å²) in [6.45, 7) is 3.11. The van der Waals surface area contributed by atoms with Gasteiger partial charge >= 0.3 is 23.7 Å². The largest absolute Gasteiger partial charge is 0.501 e. The molecular weight excluding hydrogens is 676 g/mol. The molecule has 0 N–H and O–H groups in total. The molecule has 0 aliphatic heterocycles. The Hall–Kier alpha value is -4.07. The molecule has 20 heteroatoms. The van der Waals surface area contributed by atoms with Crippen LogP contribution < -0.4 is 9.64 Å². The molecule has 46 heavy (non-hydrogen) atoms. The van der Waals surface area contributed by atoms with E-state index in [0.717, 1.165) is 35.9 Å². The molecule has 254 valence electrons. The fourth-order valence-electron chi connectivity index (χ4n) is 3.86. The second-order valence-electron chi connectivity index (χ2n) is 10.5. The minimum absolute atomic E-state index is 0.296. The van der Waals surface area contributed by atoms with Crippen LogP contribution in [-0.4, -0.2) is 75.0 Å². The zero-order chi connectivity index (χ0) is 35.0. The molecule has 0 aliphatic carbocycles. The first kappa shape index (κ1) is 36.4. The number of methoxy groups -OCH3 is 1. The molecule has 0 saturated carbocycles. The van der Waals surface area contributed by atoms with Crippen molar-refractivity contribution in [2.45, 2.75) is 61.4 Å². The summed E-state index contributed by atoms with van der Waals surface area (Å²) >= 11 is 0. The standard InChI is InChI=1S/C26H27F6N3O9S2/c1-6-45(38,39)21-20(33-19-11-16(9-10-34(19)21)43-14-25(27,28)29)35(23(37)44-24(2,3)4)13-15-7-8-17(12-18(15)22(36)42-5)46(40,41)26(30,31)32/h7-12H,6,13-14H2,1-5H3. The lowest BCUT2D eigenvalue weighted by atomic mass is 10.1. The zero-order valence-corrected chi connectivity index (χ0v) is 26.3. The number of hydrogen-bond donors (Lipinski definition) is 0. The van der Waals surface area contributed by atoms with Gasteiger partial charge in [0.1, 0.15) is 17.0 Å². The number of hydrogen-bond acceptors (Lipinski definition) is 10. The number of alkyl halides is 6. The van der Waals surface area contributed by atoms with E-state index in [0.29, 0.717) is 17.0 Å². The van der Waals surface area contributed by atoms with Gasteiger partial charge in [-0.3, -0.25) is 9.30 Å². The van der Waals surface area contributed by atoms with Crippen molar-refractivity contribution < 1.29 is 67.0 Å². The number of amides is 1. The van der Waals surface area contributed by atoms with Gasteiger partial charge in [-0.1, -0.05) is 13.0 Å². The number of sulfone groups is 2. The van der Waals surface area contributed by atoms with E-state index in [9.17, 15) is 52.8 Å². The molecule has 2 aromatic heterocycles. The Morgan fingerprint density at radius 1 is 0.978 bits per heavy atom. The summed E-state index contributed by atoms with van der Waals surface area (Å²) in [7, 11) is -9.39. The third-order valence-corrected chi connectivity index (χ3v) is 9.13. The predicted molar refractivity (Wildman–Crippen MR) is 148 cm³/mol. The molecule has 0 unspecified atom stereocenters. The van der Waals surface area contributed by atoms with Crippen LogP contribution in [0.25, 0.3) is 5.65 Å². The monoisotopic (exact) mass is 703 g/mol. The van der Waals surface area contributed by atoms with Crippen molar-refractivity contribution in [1.82, 2.24) is 9.38 Å². The van der Waals surface area contributed by atoms with E-state index in [2.05, 4.69) is 9.72 Å². The summed E-state index contributed by atoms with van der Waals surface area (Å²) in [5, 5.41) is -0.630. The number of pyridine rings is 1. The molecular formula is C26H27F6N3O9S2. The second kappa shape index (κ2) is 12.6. The Morgan fingerprint density at radius 2 is 1.61 bits per heavy atom. The van der Waals surface area contributed by atoms with E-state index < -0.39 is 89.2 Å². The van der Waals surface area contributed by atoms with Gasteiger partial charge in [0.05, 0.1) is 29.9 Å². The van der Waals surface area contributed by atoms with Gasteiger partial charge in [-0.25, -0.2) is 31.4 Å². The van der Waals surface area contributed by atoms with Crippen molar-refractivity contribution in [2.75, 3.05) is 24.4 Å². The number of imidazole rings is 1. The summed E-state index contributed by atoms with van der Waals surface area (Å²) < 4.78 is 144. The molecule has 3 aromatic rings. The van der Waals surface area contributed by atoms with Crippen LogP contribution in [0.1, 0.15) is 43.6 Å². The molecule has 1 aromatic carbocycles. The first-order chi connectivity index (χ1) is 20.9. The number of ether oxygens (including phenoxy) is 3. The first-order valence-corrected chi connectivity index (χ1v) is 16.0. The summed E-state index contributed by atoms with van der Waals surface area (Å²) in [5.74, 6) is -2.85. The molecule has 0 aliphatic rings. The fraction of sp³-hybridized carbons (Fsp3) is 0.423. The average molecular weight is 704 g/mol. The zero-order valence-electron chi connectivity index (χ0n) is 24.7. The number of rotatable bonds is 9. The third kappa shape index (κ3) is 8.01. The van der Waals surface area contributed by atoms with E-state index >= 15 is 0 Å². The quantitative estimate of drug-likeness (QED) is 0.218. The smallest absolute Gasteiger partial charge is 0.484 e. The van der Waals surface area contributed by atoms with E-state index in [1.807, 2.05) is 0 Å². The van der Waals surface area contributed by atoms with Crippen LogP contribution in [-0.2, 0) is 35.7 Å². The Kier molecular flexibility index (Phi) is 9.98. The van der Waals surface area contributed by atoms with Crippen LogP contribution in [0.3, 0.4) is 0 Å². The fourth-order valence-corrected chi connectivity index (χ4v) is 5.80. The van der Waals surface area contributed by atoms with Crippen molar-refractivity contribution in [3.8, 4) is 5.75 Å². The molecule has 0 bridgehead atoms. The summed E-state index contributed by atoms with van der Waals surface area (Å²) in [5.41, 5.74) is -8.28. The summed E-state index contributed by atoms with van der Waals surface area (Å²) in [4.78, 5) is 29.6. The van der Waals surface area contributed by atoms with Gasteiger partial charge in [0.2, 0.25) is 0 Å². The molecule has 0 atom stereocenters. The highest BCUT2D eigenvalue weighted by atomic mass is 32.2. The maximum absolute atomic E-state index is 13.5. The molecule has 3 rings (SSSR count). The van der Waals surface area contributed by atoms with Gasteiger partial charge in [-0.05, 0) is 44.5 Å². The molecule has 0 saturated heterocycles. The number of esters is 1. The highest BCUT2D eigenvalue weighted by Gasteiger charge is 2.47. The number of anilines is 1. The number of aromatic nitrogens is 2. The van der Waals surface area contributed by atoms with Crippen LogP contribution in [0.2, 0.25) is 0 Å². The van der Waals surface area contributed by atoms with Crippen LogP contribution >= 0.6 is 0 Å². The van der Waals surface area contributed by atoms with Gasteiger partial charge in [-0.15, -0.1) is 0 Å². The molecule has 12 nitrogen and oxygen atoms in total. The number of carbonyl (C=O) groups is 2. The Bertz CT molecular complexity index is 1860. The lowest BCUT2D eigenvalue weighted by Gasteiger charge is -2.27. The predicted octanol–water partition coefficient (Wildman–Crippen LogP) is 5.09. The number of halogens is 6. The van der Waals surface area contributed by atoms with E-state index in [4.69, 9.17) is 9.47 Å². The SMILES string of the molecule is CCS(=O)(=O)c1c(N(Cc2ccc(S(=O)(=O)C(F)(F)F)cc2C(=O)OC)C(=O)OC(C)(C)C)nc2cc(OCC(F)(F)F)ccn12. The highest BCUT2D eigenvalue weighted by molar-refractivity contribution is 7.92. The maximum atomic E-state index is 13.5. The Balaban J connectivity index is 2.31. The minimum Gasteiger partial charge on any atom is -0.484 e. The second-order valence-corrected chi connectivity index (χ2v) is 14.6. The highest BCUT2D eigenvalue weighted by Crippen LogP contribution is 2.34. The molecule has 0 spiro atoms. The van der Waals surface area contributed by atoms with Crippen LogP contribution in [0, 0.1) is 0 Å². The van der Waals surface area contributed by atoms with Crippen LogP contribution in [0.15, 0.2) is 46.5 Å². The summed E-state index contributed by atoms with van der Waals surface area (Å²) in [6.07, 6.45) is -4.94. The van der Waals surface area contributed by atoms with Gasteiger partial charge in [-0.2, -0.15) is 26.3 Å². The molecule has 0 fully saturated rings. The van der Waals surface area contributed by atoms with Gasteiger partial charge in [0, 0.05) is 12.3 Å². The lowest BCUT2D eigenvalue weighted by Crippen LogP contribution is -2.38.